The zero-order valence-corrected chi connectivity index (χ0v) is 30.2. The number of hydrogen-bond donors (Lipinski definition) is 0. The van der Waals surface area contributed by atoms with Crippen LogP contribution < -0.4 is 4.90 Å². The minimum atomic E-state index is -0.0857. The quantitative estimate of drug-likeness (QED) is 0.183. The summed E-state index contributed by atoms with van der Waals surface area (Å²) in [6, 6.07) is 39.4. The first kappa shape index (κ1) is 30.5. The van der Waals surface area contributed by atoms with Gasteiger partial charge in [0.2, 0.25) is 0 Å². The summed E-state index contributed by atoms with van der Waals surface area (Å²) in [5, 5.41) is 2.56. The van der Waals surface area contributed by atoms with Crippen molar-refractivity contribution >= 4 is 44.6 Å². The summed E-state index contributed by atoms with van der Waals surface area (Å²) in [4.78, 5) is 2.51. The molecule has 1 aromatic heterocycles. The van der Waals surface area contributed by atoms with Crippen molar-refractivity contribution in [3.63, 3.8) is 0 Å². The summed E-state index contributed by atoms with van der Waals surface area (Å²) in [6.45, 7) is 11.9. The number of allylic oxidation sites excluding steroid dienone is 8. The van der Waals surface area contributed by atoms with Gasteiger partial charge in [0.05, 0.1) is 11.0 Å². The van der Waals surface area contributed by atoms with E-state index in [1.807, 2.05) is 0 Å². The Balaban J connectivity index is 1.20. The van der Waals surface area contributed by atoms with E-state index in [0.29, 0.717) is 17.8 Å². The fourth-order valence-corrected chi connectivity index (χ4v) is 9.93. The van der Waals surface area contributed by atoms with Gasteiger partial charge in [0, 0.05) is 44.9 Å². The average Bonchev–Trinajstić information content (AvgIpc) is 3.69. The van der Waals surface area contributed by atoms with Crippen molar-refractivity contribution in [2.75, 3.05) is 4.90 Å². The number of anilines is 3. The number of aromatic nitrogens is 1. The zero-order chi connectivity index (χ0) is 34.6. The van der Waals surface area contributed by atoms with Crippen molar-refractivity contribution in [3.05, 3.63) is 168 Å². The minimum Gasteiger partial charge on any atom is -0.310 e. The van der Waals surface area contributed by atoms with Gasteiger partial charge >= 0.3 is 0 Å². The Kier molecular flexibility index (Phi) is 6.47. The maximum Gasteiger partial charge on any atom is 0.0542 e. The lowest BCUT2D eigenvalue weighted by atomic mass is 9.74. The molecular weight excluding hydrogens is 617 g/mol. The second kappa shape index (κ2) is 10.8. The molecule has 2 nitrogen and oxygen atoms in total. The average molecular weight is 661 g/mol. The van der Waals surface area contributed by atoms with Crippen LogP contribution in [0.15, 0.2) is 146 Å². The van der Waals surface area contributed by atoms with Crippen LogP contribution in [-0.2, 0) is 10.8 Å². The van der Waals surface area contributed by atoms with Crippen LogP contribution in [0.5, 0.6) is 0 Å². The highest BCUT2D eigenvalue weighted by Gasteiger charge is 2.45. The number of hydrogen-bond acceptors (Lipinski definition) is 1. The third-order valence-corrected chi connectivity index (χ3v) is 12.6. The predicted molar refractivity (Wildman–Crippen MR) is 216 cm³/mol. The Bertz CT molecular complexity index is 2550. The molecule has 4 aliphatic carbocycles. The molecule has 3 unspecified atom stereocenters. The van der Waals surface area contributed by atoms with Crippen LogP contribution in [0.4, 0.5) is 17.1 Å². The molecule has 0 fully saturated rings. The van der Waals surface area contributed by atoms with E-state index < -0.39 is 0 Å². The number of benzene rings is 5. The largest absolute Gasteiger partial charge is 0.310 e. The van der Waals surface area contributed by atoms with Crippen LogP contribution in [0.3, 0.4) is 0 Å². The summed E-state index contributed by atoms with van der Waals surface area (Å²) in [5.74, 6) is 1.41. The van der Waals surface area contributed by atoms with E-state index in [9.17, 15) is 0 Å². The topological polar surface area (TPSA) is 8.17 Å². The molecule has 0 radical (unpaired) electrons. The highest BCUT2D eigenvalue weighted by atomic mass is 15.1. The molecule has 0 saturated heterocycles. The lowest BCUT2D eigenvalue weighted by Gasteiger charge is -2.31. The lowest BCUT2D eigenvalue weighted by molar-refractivity contribution is 0.394. The summed E-state index contributed by atoms with van der Waals surface area (Å²) in [5.41, 5.74) is 15.7. The van der Waals surface area contributed by atoms with Crippen molar-refractivity contribution in [1.29, 1.82) is 0 Å². The molecule has 5 aromatic carbocycles. The van der Waals surface area contributed by atoms with Crippen molar-refractivity contribution in [2.45, 2.75) is 57.8 Å². The minimum absolute atomic E-state index is 0.0280. The van der Waals surface area contributed by atoms with Crippen LogP contribution in [0, 0.1) is 11.8 Å². The van der Waals surface area contributed by atoms with Gasteiger partial charge in [0.1, 0.15) is 0 Å². The Morgan fingerprint density at radius 2 is 1.33 bits per heavy atom. The van der Waals surface area contributed by atoms with Crippen molar-refractivity contribution in [3.8, 4) is 11.1 Å². The molecule has 0 aliphatic heterocycles. The smallest absolute Gasteiger partial charge is 0.0542 e. The van der Waals surface area contributed by atoms with Gasteiger partial charge in [-0.05, 0) is 112 Å². The Morgan fingerprint density at radius 3 is 2.20 bits per heavy atom. The van der Waals surface area contributed by atoms with Crippen LogP contribution in [0.1, 0.15) is 69.2 Å². The van der Waals surface area contributed by atoms with E-state index in [0.717, 1.165) is 6.42 Å². The van der Waals surface area contributed by atoms with E-state index in [-0.39, 0.29) is 10.8 Å². The molecule has 250 valence electrons. The standard InChI is InChI=1S/C49H44N2/c1-31-13-12-14-32(27-31)51-46-20-11-8-17-40(46)41-28-33(23-26-47(41)51)50(34-21-24-38-36-15-6-9-18-42(36)48(2,3)44(38)29-34)35-22-25-39-37-16-7-10-19-43(37)49(4,5)45(39)30-35/h6-12,14-31,36,42H,13H2,1-5H3. The molecule has 0 bridgehead atoms. The Hall–Kier alpha value is -5.34. The second-order valence-corrected chi connectivity index (χ2v) is 16.3. The van der Waals surface area contributed by atoms with Crippen LogP contribution in [0.25, 0.3) is 38.6 Å². The lowest BCUT2D eigenvalue weighted by Crippen LogP contribution is -2.24. The molecule has 0 amide bonds. The number of para-hydroxylation sites is 1. The molecule has 10 rings (SSSR count). The van der Waals surface area contributed by atoms with Crippen LogP contribution in [0.2, 0.25) is 0 Å². The molecule has 1 heterocycles. The van der Waals surface area contributed by atoms with Gasteiger partial charge in [-0.1, -0.05) is 126 Å². The zero-order valence-electron chi connectivity index (χ0n) is 30.2. The fraction of sp³-hybridized carbons (Fsp3) is 0.224. The third kappa shape index (κ3) is 4.35. The van der Waals surface area contributed by atoms with E-state index in [1.54, 1.807) is 0 Å². The van der Waals surface area contributed by atoms with Gasteiger partial charge in [0.25, 0.3) is 0 Å². The first-order valence-electron chi connectivity index (χ1n) is 18.7. The van der Waals surface area contributed by atoms with Gasteiger partial charge < -0.3 is 9.47 Å². The molecule has 6 aromatic rings. The highest BCUT2D eigenvalue weighted by molar-refractivity contribution is 6.12. The van der Waals surface area contributed by atoms with Crippen LogP contribution >= 0.6 is 0 Å². The number of nitrogens with zero attached hydrogens (tertiary/aromatic N) is 2. The SMILES string of the molecule is CC1C=C(n2c3ccccc3c3cc(N(c4ccc5c(c4)C(C)(C)c4ccccc4-5)c4ccc5c(c4)C(C)(C)C4C=CC=CC54)ccc32)C=CC1. The predicted octanol–water partition coefficient (Wildman–Crippen LogP) is 13.1. The van der Waals surface area contributed by atoms with E-state index in [1.165, 1.54) is 77.9 Å². The van der Waals surface area contributed by atoms with Gasteiger partial charge in [0.15, 0.2) is 0 Å². The van der Waals surface area contributed by atoms with Gasteiger partial charge in [-0.15, -0.1) is 0 Å². The maximum absolute atomic E-state index is 2.51. The Labute approximate surface area is 301 Å². The first-order chi connectivity index (χ1) is 24.7. The fourth-order valence-electron chi connectivity index (χ4n) is 9.93. The molecule has 4 aliphatic rings. The molecule has 0 N–H and O–H groups in total. The number of fused-ring (bicyclic) bond motifs is 9. The van der Waals surface area contributed by atoms with Crippen molar-refractivity contribution in [1.82, 2.24) is 4.57 Å². The van der Waals surface area contributed by atoms with Gasteiger partial charge in [-0.2, -0.15) is 0 Å². The molecule has 2 heteroatoms. The second-order valence-electron chi connectivity index (χ2n) is 16.3. The van der Waals surface area contributed by atoms with E-state index in [2.05, 4.69) is 190 Å². The van der Waals surface area contributed by atoms with Crippen LogP contribution in [-0.4, -0.2) is 4.57 Å². The summed E-state index contributed by atoms with van der Waals surface area (Å²) >= 11 is 0. The van der Waals surface area contributed by atoms with E-state index >= 15 is 0 Å². The van der Waals surface area contributed by atoms with Crippen molar-refractivity contribution in [2.24, 2.45) is 11.8 Å². The number of rotatable bonds is 4. The molecule has 51 heavy (non-hydrogen) atoms. The van der Waals surface area contributed by atoms with E-state index in [4.69, 9.17) is 0 Å². The van der Waals surface area contributed by atoms with Gasteiger partial charge in [-0.3, -0.25) is 0 Å². The monoisotopic (exact) mass is 660 g/mol. The summed E-state index contributed by atoms with van der Waals surface area (Å²) in [7, 11) is 0. The third-order valence-electron chi connectivity index (χ3n) is 12.6. The van der Waals surface area contributed by atoms with Crippen molar-refractivity contribution < 1.29 is 0 Å². The summed E-state index contributed by atoms with van der Waals surface area (Å²) in [6.07, 6.45) is 17.4. The maximum atomic E-state index is 2.51. The molecule has 3 atom stereocenters. The molecule has 0 spiro atoms. The highest BCUT2D eigenvalue weighted by Crippen LogP contribution is 2.55. The molecular formula is C49H44N2. The first-order valence-corrected chi connectivity index (χ1v) is 18.7. The normalized spacial score (nSPS) is 21.7. The van der Waals surface area contributed by atoms with Gasteiger partial charge in [-0.25, -0.2) is 0 Å². The Morgan fingerprint density at radius 1 is 0.647 bits per heavy atom. The summed E-state index contributed by atoms with van der Waals surface area (Å²) < 4.78 is 2.46. The molecule has 0 saturated carbocycles.